The molecule has 0 atom stereocenters. The van der Waals surface area contributed by atoms with Crippen molar-refractivity contribution in [3.63, 3.8) is 0 Å². The molecule has 2 rings (SSSR count). The summed E-state index contributed by atoms with van der Waals surface area (Å²) in [6, 6.07) is 14.8. The molecule has 1 amide bonds. The maximum atomic E-state index is 11.9. The van der Waals surface area contributed by atoms with Crippen LogP contribution in [0.2, 0.25) is 5.02 Å². The quantitative estimate of drug-likeness (QED) is 0.727. The number of nitrogens with one attached hydrogen (secondary N) is 2. The van der Waals surface area contributed by atoms with Crippen LogP contribution in [0.3, 0.4) is 0 Å². The zero-order chi connectivity index (χ0) is 16.5. The molecule has 2 N–H and O–H groups in total. The molecule has 4 nitrogen and oxygen atoms in total. The molecule has 5 heteroatoms. The highest BCUT2D eigenvalue weighted by molar-refractivity contribution is 6.31. The van der Waals surface area contributed by atoms with E-state index in [0.29, 0.717) is 29.6 Å². The van der Waals surface area contributed by atoms with Crippen molar-refractivity contribution in [2.45, 2.75) is 6.54 Å². The van der Waals surface area contributed by atoms with Gasteiger partial charge in [-0.2, -0.15) is 0 Å². The molecule has 0 aromatic heterocycles. The van der Waals surface area contributed by atoms with E-state index >= 15 is 0 Å². The third-order valence-electron chi connectivity index (χ3n) is 3.04. The van der Waals surface area contributed by atoms with Crippen LogP contribution in [0.15, 0.2) is 61.2 Å². The molecule has 120 valence electrons. The lowest BCUT2D eigenvalue weighted by Gasteiger charge is -2.09. The third kappa shape index (κ3) is 5.77. The smallest absolute Gasteiger partial charge is 0.238 e. The molecule has 0 fully saturated rings. The predicted molar refractivity (Wildman–Crippen MR) is 93.9 cm³/mol. The molecule has 0 aliphatic heterocycles. The van der Waals surface area contributed by atoms with E-state index in [1.54, 1.807) is 12.1 Å². The first-order valence-electron chi connectivity index (χ1n) is 7.27. The van der Waals surface area contributed by atoms with Crippen LogP contribution in [0.1, 0.15) is 5.56 Å². The van der Waals surface area contributed by atoms with Gasteiger partial charge in [0.1, 0.15) is 12.4 Å². The first-order valence-corrected chi connectivity index (χ1v) is 7.64. The van der Waals surface area contributed by atoms with Crippen molar-refractivity contribution in [3.05, 3.63) is 71.8 Å². The second-order valence-corrected chi connectivity index (χ2v) is 5.28. The second kappa shape index (κ2) is 8.98. The summed E-state index contributed by atoms with van der Waals surface area (Å²) in [5.74, 6) is 0.560. The lowest BCUT2D eigenvalue weighted by molar-refractivity contribution is -0.115. The van der Waals surface area contributed by atoms with Gasteiger partial charge in [-0.05, 0) is 23.8 Å². The van der Waals surface area contributed by atoms with Crippen LogP contribution in [0, 0.1) is 0 Å². The van der Waals surface area contributed by atoms with Gasteiger partial charge >= 0.3 is 0 Å². The number of anilines is 1. The standard InChI is InChI=1S/C18H19ClN2O2/c1-2-10-23-16-8-5-7-15(11-16)21-18(22)13-20-12-14-6-3-4-9-17(14)19/h2-9,11,20H,1,10,12-13H2,(H,21,22). The minimum absolute atomic E-state index is 0.127. The minimum atomic E-state index is -0.127. The molecule has 0 radical (unpaired) electrons. The molecular weight excluding hydrogens is 312 g/mol. The molecule has 2 aromatic rings. The van der Waals surface area contributed by atoms with Crippen LogP contribution in [0.5, 0.6) is 5.75 Å². The van der Waals surface area contributed by atoms with Crippen molar-refractivity contribution in [3.8, 4) is 5.75 Å². The van der Waals surface area contributed by atoms with Crippen molar-refractivity contribution in [2.75, 3.05) is 18.5 Å². The Bertz CT molecular complexity index is 674. The van der Waals surface area contributed by atoms with Gasteiger partial charge in [-0.25, -0.2) is 0 Å². The number of amides is 1. The fourth-order valence-corrected chi connectivity index (χ4v) is 2.18. The molecule has 0 aliphatic rings. The van der Waals surface area contributed by atoms with Crippen LogP contribution < -0.4 is 15.4 Å². The van der Waals surface area contributed by atoms with E-state index in [9.17, 15) is 4.79 Å². The molecular formula is C18H19ClN2O2. The minimum Gasteiger partial charge on any atom is -0.489 e. The van der Waals surface area contributed by atoms with Gasteiger partial charge in [0.25, 0.3) is 0 Å². The van der Waals surface area contributed by atoms with Crippen LogP contribution in [0.4, 0.5) is 5.69 Å². The van der Waals surface area contributed by atoms with Gasteiger partial charge in [-0.15, -0.1) is 0 Å². The van der Waals surface area contributed by atoms with E-state index < -0.39 is 0 Å². The van der Waals surface area contributed by atoms with Crippen LogP contribution in [-0.2, 0) is 11.3 Å². The molecule has 0 aliphatic carbocycles. The van der Waals surface area contributed by atoms with E-state index in [-0.39, 0.29) is 12.5 Å². The van der Waals surface area contributed by atoms with Gasteiger partial charge in [-0.1, -0.05) is 48.5 Å². The molecule has 0 unspecified atom stereocenters. The number of hydrogen-bond acceptors (Lipinski definition) is 3. The second-order valence-electron chi connectivity index (χ2n) is 4.87. The highest BCUT2D eigenvalue weighted by Gasteiger charge is 2.04. The van der Waals surface area contributed by atoms with Crippen LogP contribution in [0.25, 0.3) is 0 Å². The largest absolute Gasteiger partial charge is 0.489 e. The fourth-order valence-electron chi connectivity index (χ4n) is 1.98. The number of carbonyl (C=O) groups is 1. The molecule has 0 heterocycles. The maximum Gasteiger partial charge on any atom is 0.238 e. The Hall–Kier alpha value is -2.30. The number of ether oxygens (including phenoxy) is 1. The molecule has 2 aromatic carbocycles. The van der Waals surface area contributed by atoms with Crippen molar-refractivity contribution in [1.82, 2.24) is 5.32 Å². The summed E-state index contributed by atoms with van der Waals surface area (Å²) in [4.78, 5) is 11.9. The highest BCUT2D eigenvalue weighted by atomic mass is 35.5. The van der Waals surface area contributed by atoms with Crippen molar-refractivity contribution in [1.29, 1.82) is 0 Å². The van der Waals surface area contributed by atoms with E-state index in [1.807, 2.05) is 42.5 Å². The fraction of sp³-hybridized carbons (Fsp3) is 0.167. The van der Waals surface area contributed by atoms with Gasteiger partial charge in [-0.3, -0.25) is 4.79 Å². The normalized spacial score (nSPS) is 10.1. The van der Waals surface area contributed by atoms with E-state index in [2.05, 4.69) is 17.2 Å². The third-order valence-corrected chi connectivity index (χ3v) is 3.41. The Labute approximate surface area is 141 Å². The van der Waals surface area contributed by atoms with Gasteiger partial charge < -0.3 is 15.4 Å². The van der Waals surface area contributed by atoms with E-state index in [0.717, 1.165) is 5.56 Å². The van der Waals surface area contributed by atoms with Gasteiger partial charge in [0.15, 0.2) is 0 Å². The number of rotatable bonds is 8. The Morgan fingerprint density at radius 2 is 2.04 bits per heavy atom. The highest BCUT2D eigenvalue weighted by Crippen LogP contribution is 2.17. The van der Waals surface area contributed by atoms with Crippen LogP contribution >= 0.6 is 11.6 Å². The molecule has 23 heavy (non-hydrogen) atoms. The number of hydrogen-bond donors (Lipinski definition) is 2. The van der Waals surface area contributed by atoms with Crippen molar-refractivity contribution >= 4 is 23.2 Å². The lowest BCUT2D eigenvalue weighted by atomic mass is 10.2. The molecule has 0 saturated carbocycles. The summed E-state index contributed by atoms with van der Waals surface area (Å²) in [6.45, 7) is 4.76. The average molecular weight is 331 g/mol. The van der Waals surface area contributed by atoms with Gasteiger partial charge in [0.05, 0.1) is 6.54 Å². The summed E-state index contributed by atoms with van der Waals surface area (Å²) < 4.78 is 5.43. The maximum absolute atomic E-state index is 11.9. The molecule has 0 spiro atoms. The van der Waals surface area contributed by atoms with Gasteiger partial charge in [0.2, 0.25) is 5.91 Å². The summed E-state index contributed by atoms with van der Waals surface area (Å²) in [5.41, 5.74) is 1.65. The monoisotopic (exact) mass is 330 g/mol. The Morgan fingerprint density at radius 1 is 1.22 bits per heavy atom. The summed E-state index contributed by atoms with van der Waals surface area (Å²) in [6.07, 6.45) is 1.67. The SMILES string of the molecule is C=CCOc1cccc(NC(=O)CNCc2ccccc2Cl)c1. The van der Waals surface area contributed by atoms with Crippen molar-refractivity contribution < 1.29 is 9.53 Å². The average Bonchev–Trinajstić information content (AvgIpc) is 2.55. The predicted octanol–water partition coefficient (Wildman–Crippen LogP) is 3.63. The zero-order valence-electron chi connectivity index (χ0n) is 12.7. The Balaban J connectivity index is 1.80. The number of benzene rings is 2. The summed E-state index contributed by atoms with van der Waals surface area (Å²) in [7, 11) is 0. The van der Waals surface area contributed by atoms with Crippen molar-refractivity contribution in [2.24, 2.45) is 0 Å². The first kappa shape index (κ1) is 17.1. The van der Waals surface area contributed by atoms with Gasteiger partial charge in [0, 0.05) is 23.3 Å². The van der Waals surface area contributed by atoms with E-state index in [1.165, 1.54) is 0 Å². The zero-order valence-corrected chi connectivity index (χ0v) is 13.5. The topological polar surface area (TPSA) is 50.4 Å². The Morgan fingerprint density at radius 3 is 2.83 bits per heavy atom. The summed E-state index contributed by atoms with van der Waals surface area (Å²) in [5, 5.41) is 6.58. The number of halogens is 1. The number of carbonyl (C=O) groups excluding carboxylic acids is 1. The first-order chi connectivity index (χ1) is 11.2. The van der Waals surface area contributed by atoms with Crippen LogP contribution in [-0.4, -0.2) is 19.1 Å². The Kier molecular flexibility index (Phi) is 6.66. The molecule has 0 saturated heterocycles. The van der Waals surface area contributed by atoms with E-state index in [4.69, 9.17) is 16.3 Å². The summed E-state index contributed by atoms with van der Waals surface area (Å²) >= 11 is 6.07. The molecule has 0 bridgehead atoms. The lowest BCUT2D eigenvalue weighted by Crippen LogP contribution is -2.27.